The maximum Gasteiger partial charge on any atom is 0.326 e. The van der Waals surface area contributed by atoms with Crippen molar-refractivity contribution < 1.29 is 68.0 Å². The molecule has 0 spiro atoms. The Hall–Kier alpha value is -7.77. The van der Waals surface area contributed by atoms with Crippen LogP contribution in [0.4, 0.5) is 9.18 Å². The van der Waals surface area contributed by atoms with Gasteiger partial charge >= 0.3 is 29.9 Å². The van der Waals surface area contributed by atoms with E-state index in [2.05, 4.69) is 31.6 Å². The van der Waals surface area contributed by atoms with Gasteiger partial charge in [-0.3, -0.25) is 28.8 Å². The molecule has 0 aliphatic carbocycles. The highest BCUT2D eigenvalue weighted by Crippen LogP contribution is 2.19. The Balaban J connectivity index is 1.36. The number of aromatic nitrogens is 1. The second kappa shape index (κ2) is 24.8. The average molecular weight is 900 g/mol. The summed E-state index contributed by atoms with van der Waals surface area (Å²) in [6, 6.07) is 16.4. The Kier molecular flexibility index (Phi) is 19.0. The first kappa shape index (κ1) is 49.9. The zero-order valence-electron chi connectivity index (χ0n) is 35.0. The van der Waals surface area contributed by atoms with Crippen LogP contribution in [0.3, 0.4) is 0 Å². The molecule has 0 saturated carbocycles. The fourth-order valence-electron chi connectivity index (χ4n) is 6.65. The van der Waals surface area contributed by atoms with Crippen LogP contribution < -0.4 is 26.6 Å². The van der Waals surface area contributed by atoms with Gasteiger partial charge in [0, 0.05) is 68.1 Å². The van der Waals surface area contributed by atoms with Crippen molar-refractivity contribution in [2.24, 2.45) is 5.92 Å². The van der Waals surface area contributed by atoms with Crippen molar-refractivity contribution in [2.75, 3.05) is 6.54 Å². The number of Topliss-reactive ketones (excluding diaryl/α,β-unsaturated/α-hetero) is 1. The van der Waals surface area contributed by atoms with E-state index in [9.17, 15) is 62.9 Å². The molecule has 20 heteroatoms. The van der Waals surface area contributed by atoms with E-state index >= 15 is 0 Å². The number of pyridine rings is 1. The molecule has 3 aromatic carbocycles. The number of urea groups is 1. The van der Waals surface area contributed by atoms with Crippen molar-refractivity contribution in [1.29, 1.82) is 0 Å². The molecule has 344 valence electrons. The van der Waals surface area contributed by atoms with Crippen LogP contribution >= 0.6 is 0 Å². The zero-order valence-corrected chi connectivity index (χ0v) is 35.0. The lowest BCUT2D eigenvalue weighted by molar-refractivity contribution is -0.141. The van der Waals surface area contributed by atoms with Crippen LogP contribution in [0.1, 0.15) is 83.2 Å². The number of fused-ring (bicyclic) bond motifs is 1. The number of benzene rings is 3. The molecular formula is C45H49FN6O13. The monoisotopic (exact) mass is 899 g/mol. The van der Waals surface area contributed by atoms with E-state index in [1.165, 1.54) is 18.2 Å². The predicted molar refractivity (Wildman–Crippen MR) is 229 cm³/mol. The molecule has 9 N–H and O–H groups in total. The maximum absolute atomic E-state index is 13.6. The standard InChI is InChI=1S/C45H49FN6O13/c46-37-24-31(18-20-47-37)36(53)23-32(14-16-38(54)55)40(58)49-25-26-8-12-29(13-9-26)41(59)50-35(22-27-10-11-28-5-1-2-6-30(28)21-27)42(60)48-19-4-3-7-33(43(61)62)51-45(65)52-34(44(63)64)15-17-39(56)57/h1-2,5-6,8-13,18,20-21,24,32-35H,3-4,7,14-17,19,22-23,25H2,(H,48,60)(H,49,58)(H,50,59)(H,54,55)(H,56,57)(H,61,62)(H,63,64)(H2,51,52,65)/t32-,33+,34+,35+/m0/s1/i46-1. The minimum Gasteiger partial charge on any atom is -0.481 e. The molecule has 0 aliphatic heterocycles. The first-order valence-electron chi connectivity index (χ1n) is 20.5. The number of halogens is 1. The normalized spacial score (nSPS) is 12.7. The molecule has 0 saturated heterocycles. The van der Waals surface area contributed by atoms with Crippen molar-refractivity contribution in [2.45, 2.75) is 82.5 Å². The van der Waals surface area contributed by atoms with Gasteiger partial charge < -0.3 is 47.0 Å². The largest absolute Gasteiger partial charge is 0.481 e. The number of hydrogen-bond acceptors (Lipinski definition) is 10. The Bertz CT molecular complexity index is 2380. The molecular weight excluding hydrogens is 851 g/mol. The molecule has 1 aromatic heterocycles. The van der Waals surface area contributed by atoms with Crippen molar-refractivity contribution >= 4 is 64.2 Å². The Morgan fingerprint density at radius 2 is 1.23 bits per heavy atom. The van der Waals surface area contributed by atoms with Gasteiger partial charge in [-0.15, -0.1) is 0 Å². The van der Waals surface area contributed by atoms with E-state index in [4.69, 9.17) is 5.11 Å². The Morgan fingerprint density at radius 1 is 0.600 bits per heavy atom. The first-order valence-corrected chi connectivity index (χ1v) is 20.5. The number of amides is 5. The molecule has 19 nitrogen and oxygen atoms in total. The Morgan fingerprint density at radius 3 is 1.88 bits per heavy atom. The van der Waals surface area contributed by atoms with Crippen LogP contribution in [-0.4, -0.2) is 103 Å². The first-order chi connectivity index (χ1) is 31.0. The molecule has 0 bridgehead atoms. The highest BCUT2D eigenvalue weighted by atomic mass is 18.2. The summed E-state index contributed by atoms with van der Waals surface area (Å²) in [4.78, 5) is 114. The lowest BCUT2D eigenvalue weighted by Crippen LogP contribution is -2.51. The van der Waals surface area contributed by atoms with Gasteiger partial charge in [0.15, 0.2) is 5.78 Å². The summed E-state index contributed by atoms with van der Waals surface area (Å²) in [7, 11) is 0. The van der Waals surface area contributed by atoms with Gasteiger partial charge in [-0.05, 0) is 72.2 Å². The van der Waals surface area contributed by atoms with Crippen LogP contribution in [0.25, 0.3) is 10.8 Å². The van der Waals surface area contributed by atoms with Crippen LogP contribution in [-0.2, 0) is 41.7 Å². The van der Waals surface area contributed by atoms with Gasteiger partial charge in [-0.1, -0.05) is 54.6 Å². The van der Waals surface area contributed by atoms with Crippen molar-refractivity contribution in [3.8, 4) is 0 Å². The van der Waals surface area contributed by atoms with E-state index in [1.807, 2.05) is 42.5 Å². The van der Waals surface area contributed by atoms with Crippen molar-refractivity contribution in [3.05, 3.63) is 113 Å². The molecule has 0 fully saturated rings. The van der Waals surface area contributed by atoms with Crippen LogP contribution in [0.2, 0.25) is 0 Å². The third-order valence-corrected chi connectivity index (χ3v) is 10.2. The summed E-state index contributed by atoms with van der Waals surface area (Å²) in [6.45, 7) is 0.0252. The third kappa shape index (κ3) is 16.8. The third-order valence-electron chi connectivity index (χ3n) is 10.2. The number of carbonyl (C=O) groups excluding carboxylic acids is 5. The average Bonchev–Trinajstić information content (AvgIpc) is 3.27. The highest BCUT2D eigenvalue weighted by molar-refractivity contribution is 5.99. The predicted octanol–water partition coefficient (Wildman–Crippen LogP) is 3.44. The molecule has 1 heterocycles. The zero-order chi connectivity index (χ0) is 47.5. The van der Waals surface area contributed by atoms with E-state index in [1.54, 1.807) is 12.1 Å². The summed E-state index contributed by atoms with van der Waals surface area (Å²) in [5.41, 5.74) is 1.47. The minimum atomic E-state index is -1.56. The quantitative estimate of drug-likeness (QED) is 0.0248. The number of ketones is 1. The molecule has 0 radical (unpaired) electrons. The van der Waals surface area contributed by atoms with Gasteiger partial charge in [-0.2, -0.15) is 4.39 Å². The number of carbonyl (C=O) groups is 9. The summed E-state index contributed by atoms with van der Waals surface area (Å²) in [5.74, 6) is -9.52. The highest BCUT2D eigenvalue weighted by Gasteiger charge is 2.27. The fraction of sp³-hybridized carbons (Fsp3) is 0.333. The number of nitrogens with one attached hydrogen (secondary N) is 5. The molecule has 4 rings (SSSR count). The molecule has 0 aliphatic rings. The van der Waals surface area contributed by atoms with Gasteiger partial charge in [0.25, 0.3) is 5.91 Å². The van der Waals surface area contributed by atoms with Crippen LogP contribution in [0.15, 0.2) is 85.1 Å². The fourth-order valence-corrected chi connectivity index (χ4v) is 6.65. The van der Waals surface area contributed by atoms with E-state index < -0.39 is 96.2 Å². The topological polar surface area (TPSA) is 308 Å². The van der Waals surface area contributed by atoms with Gasteiger partial charge in [-0.25, -0.2) is 19.4 Å². The number of unbranched alkanes of at least 4 members (excludes halogenated alkanes) is 1. The number of aliphatic carboxylic acids is 4. The number of carboxylic acid groups (broad SMARTS) is 4. The van der Waals surface area contributed by atoms with Crippen molar-refractivity contribution in [3.63, 3.8) is 0 Å². The molecule has 65 heavy (non-hydrogen) atoms. The lowest BCUT2D eigenvalue weighted by Gasteiger charge is -2.20. The van der Waals surface area contributed by atoms with Gasteiger partial charge in [0.2, 0.25) is 17.8 Å². The molecule has 0 unspecified atom stereocenters. The number of rotatable bonds is 26. The van der Waals surface area contributed by atoms with Crippen LogP contribution in [0.5, 0.6) is 0 Å². The van der Waals surface area contributed by atoms with E-state index in [0.29, 0.717) is 5.56 Å². The second-order valence-electron chi connectivity index (χ2n) is 15.1. The van der Waals surface area contributed by atoms with Gasteiger partial charge in [0.1, 0.15) is 18.1 Å². The number of nitrogens with zero attached hydrogens (tertiary/aromatic N) is 1. The van der Waals surface area contributed by atoms with E-state index in [0.717, 1.165) is 28.6 Å². The summed E-state index contributed by atoms with van der Waals surface area (Å²) < 4.78 is 13.6. The van der Waals surface area contributed by atoms with Crippen molar-refractivity contribution in [1.82, 2.24) is 31.6 Å². The minimum absolute atomic E-state index is 0.00852. The van der Waals surface area contributed by atoms with E-state index in [-0.39, 0.29) is 69.2 Å². The second-order valence-corrected chi connectivity index (χ2v) is 15.1. The summed E-state index contributed by atoms with van der Waals surface area (Å²) in [6.07, 6.45) is -0.290. The summed E-state index contributed by atoms with van der Waals surface area (Å²) in [5, 5.41) is 51.2. The van der Waals surface area contributed by atoms with Gasteiger partial charge in [0.05, 0.1) is 0 Å². The Labute approximate surface area is 371 Å². The number of carboxylic acids is 4. The number of hydrogen-bond donors (Lipinski definition) is 9. The summed E-state index contributed by atoms with van der Waals surface area (Å²) >= 11 is 0. The molecule has 5 amide bonds. The SMILES string of the molecule is O=C(O)CC[C@@H](CC(=O)c1ccnc([18F])c1)C(=O)NCc1ccc(C(=O)N[C@H](Cc2ccc3ccccc3c2)C(=O)NCCCC[C@@H](NC(=O)N[C@H](CCC(=O)O)C(=O)O)C(=O)O)cc1. The molecule has 4 atom stereocenters. The lowest BCUT2D eigenvalue weighted by atomic mass is 9.93. The van der Waals surface area contributed by atoms with Crippen LogP contribution in [0, 0.1) is 11.9 Å². The maximum atomic E-state index is 13.6. The smallest absolute Gasteiger partial charge is 0.326 e. The molecule has 4 aromatic rings.